The lowest BCUT2D eigenvalue weighted by Crippen LogP contribution is -2.08. The fraction of sp³-hybridized carbons (Fsp3) is 0.0588. The van der Waals surface area contributed by atoms with E-state index >= 15 is 0 Å². The van der Waals surface area contributed by atoms with Gasteiger partial charge in [0.05, 0.1) is 0 Å². The van der Waals surface area contributed by atoms with E-state index in [2.05, 4.69) is 4.98 Å². The maximum absolute atomic E-state index is 13.6. The molecule has 2 aromatic carbocycles. The van der Waals surface area contributed by atoms with Gasteiger partial charge in [-0.05, 0) is 17.5 Å². The van der Waals surface area contributed by atoms with Crippen molar-refractivity contribution in [2.45, 2.75) is 6.42 Å². The van der Waals surface area contributed by atoms with Crippen LogP contribution >= 0.6 is 0 Å². The summed E-state index contributed by atoms with van der Waals surface area (Å²) in [6.45, 7) is 0. The summed E-state index contributed by atoms with van der Waals surface area (Å²) in [6, 6.07) is 10.8. The fourth-order valence-electron chi connectivity index (χ4n) is 2.30. The third-order valence-corrected chi connectivity index (χ3v) is 3.37. The summed E-state index contributed by atoms with van der Waals surface area (Å²) in [4.78, 5) is 16.4. The second-order valence-electron chi connectivity index (χ2n) is 4.71. The summed E-state index contributed by atoms with van der Waals surface area (Å²) in [5.74, 6) is -1.78. The van der Waals surface area contributed by atoms with Crippen molar-refractivity contribution in [3.05, 3.63) is 77.6 Å². The lowest BCUT2D eigenvalue weighted by molar-refractivity contribution is 0.0992. The van der Waals surface area contributed by atoms with Gasteiger partial charge in [-0.15, -0.1) is 0 Å². The van der Waals surface area contributed by atoms with Gasteiger partial charge >= 0.3 is 0 Å². The maximum Gasteiger partial charge on any atom is 0.169 e. The lowest BCUT2D eigenvalue weighted by atomic mass is 9.99. The van der Waals surface area contributed by atoms with Crippen LogP contribution in [0.1, 0.15) is 15.9 Å². The van der Waals surface area contributed by atoms with Crippen LogP contribution in [0, 0.1) is 11.6 Å². The number of Topliss-reactive ketones (excluding diaryl/α,β-unsaturated/α-hetero) is 1. The smallest absolute Gasteiger partial charge is 0.169 e. The molecular formula is C17H11F2NO. The third-order valence-electron chi connectivity index (χ3n) is 3.37. The molecule has 0 saturated heterocycles. The van der Waals surface area contributed by atoms with Gasteiger partial charge in [-0.3, -0.25) is 9.78 Å². The Morgan fingerprint density at radius 1 is 0.952 bits per heavy atom. The summed E-state index contributed by atoms with van der Waals surface area (Å²) in [6.07, 6.45) is 2.76. The largest absolute Gasteiger partial charge is 0.294 e. The highest BCUT2D eigenvalue weighted by molar-refractivity contribution is 6.08. The number of aromatic nitrogens is 1. The Hall–Kier alpha value is -2.62. The molecule has 0 radical (unpaired) electrons. The van der Waals surface area contributed by atoms with Crippen LogP contribution in [0.25, 0.3) is 10.8 Å². The van der Waals surface area contributed by atoms with Crippen LogP contribution in [0.2, 0.25) is 0 Å². The van der Waals surface area contributed by atoms with E-state index in [1.54, 1.807) is 12.3 Å². The Morgan fingerprint density at radius 3 is 2.43 bits per heavy atom. The number of halogens is 2. The van der Waals surface area contributed by atoms with Crippen LogP contribution in [-0.2, 0) is 6.42 Å². The van der Waals surface area contributed by atoms with Crippen molar-refractivity contribution < 1.29 is 13.6 Å². The molecule has 0 bridgehead atoms. The van der Waals surface area contributed by atoms with Gasteiger partial charge in [0.15, 0.2) is 5.78 Å². The molecule has 0 unspecified atom stereocenters. The number of hydrogen-bond acceptors (Lipinski definition) is 2. The van der Waals surface area contributed by atoms with Gasteiger partial charge in [-0.1, -0.05) is 30.3 Å². The van der Waals surface area contributed by atoms with Gasteiger partial charge in [0, 0.05) is 35.3 Å². The molecule has 0 fully saturated rings. The van der Waals surface area contributed by atoms with E-state index in [0.717, 1.165) is 22.9 Å². The summed E-state index contributed by atoms with van der Waals surface area (Å²) < 4.78 is 27.3. The van der Waals surface area contributed by atoms with Crippen LogP contribution in [0.4, 0.5) is 8.78 Å². The number of carbonyl (C=O) groups excluding carboxylic acids is 1. The topological polar surface area (TPSA) is 30.0 Å². The molecule has 0 aliphatic rings. The molecule has 0 N–H and O–H groups in total. The van der Waals surface area contributed by atoms with Crippen LogP contribution in [0.3, 0.4) is 0 Å². The zero-order chi connectivity index (χ0) is 14.8. The summed E-state index contributed by atoms with van der Waals surface area (Å²) in [5, 5.41) is 1.55. The van der Waals surface area contributed by atoms with Crippen molar-refractivity contribution in [3.63, 3.8) is 0 Å². The van der Waals surface area contributed by atoms with Crippen LogP contribution in [0.15, 0.2) is 54.9 Å². The van der Waals surface area contributed by atoms with Crippen molar-refractivity contribution in [1.29, 1.82) is 0 Å². The minimum atomic E-state index is -0.712. The number of carbonyl (C=O) groups is 1. The van der Waals surface area contributed by atoms with Crippen LogP contribution in [-0.4, -0.2) is 10.8 Å². The molecule has 4 heteroatoms. The number of ketones is 1. The second-order valence-corrected chi connectivity index (χ2v) is 4.71. The molecule has 3 aromatic rings. The highest BCUT2D eigenvalue weighted by Crippen LogP contribution is 2.20. The number of benzene rings is 2. The van der Waals surface area contributed by atoms with E-state index in [-0.39, 0.29) is 17.8 Å². The quantitative estimate of drug-likeness (QED) is 0.681. The Kier molecular flexibility index (Phi) is 3.44. The average molecular weight is 283 g/mol. The molecule has 21 heavy (non-hydrogen) atoms. The van der Waals surface area contributed by atoms with E-state index in [1.165, 1.54) is 12.3 Å². The summed E-state index contributed by atoms with van der Waals surface area (Å²) >= 11 is 0. The predicted octanol–water partition coefficient (Wildman–Crippen LogP) is 3.94. The molecule has 0 atom stereocenters. The normalized spacial score (nSPS) is 10.8. The molecule has 0 aliphatic heterocycles. The van der Waals surface area contributed by atoms with Crippen molar-refractivity contribution >= 4 is 16.6 Å². The SMILES string of the molecule is O=C(Cc1c(F)cccc1F)c1cncc2ccccc12. The Morgan fingerprint density at radius 2 is 1.67 bits per heavy atom. The summed E-state index contributed by atoms with van der Waals surface area (Å²) in [7, 11) is 0. The number of hydrogen-bond donors (Lipinski definition) is 0. The first-order valence-corrected chi connectivity index (χ1v) is 6.45. The molecule has 1 aromatic heterocycles. The van der Waals surface area contributed by atoms with E-state index in [0.29, 0.717) is 5.56 Å². The number of fused-ring (bicyclic) bond motifs is 1. The molecule has 0 saturated carbocycles. The van der Waals surface area contributed by atoms with Crippen molar-refractivity contribution in [2.75, 3.05) is 0 Å². The first-order chi connectivity index (χ1) is 10.2. The minimum Gasteiger partial charge on any atom is -0.294 e. The zero-order valence-electron chi connectivity index (χ0n) is 11.0. The van der Waals surface area contributed by atoms with Gasteiger partial charge in [0.1, 0.15) is 11.6 Å². The Bertz CT molecular complexity index is 804. The lowest BCUT2D eigenvalue weighted by Gasteiger charge is -2.07. The van der Waals surface area contributed by atoms with Gasteiger partial charge in [-0.25, -0.2) is 8.78 Å². The van der Waals surface area contributed by atoms with E-state index < -0.39 is 11.6 Å². The molecule has 104 valence electrons. The zero-order valence-corrected chi connectivity index (χ0v) is 11.0. The first kappa shape index (κ1) is 13.4. The van der Waals surface area contributed by atoms with Crippen molar-refractivity contribution in [2.24, 2.45) is 0 Å². The molecule has 0 aliphatic carbocycles. The average Bonchev–Trinajstić information content (AvgIpc) is 2.50. The molecular weight excluding hydrogens is 272 g/mol. The highest BCUT2D eigenvalue weighted by Gasteiger charge is 2.16. The highest BCUT2D eigenvalue weighted by atomic mass is 19.1. The molecule has 0 spiro atoms. The summed E-state index contributed by atoms with van der Waals surface area (Å²) in [5.41, 5.74) is 0.159. The minimum absolute atomic E-state index is 0.213. The van der Waals surface area contributed by atoms with Gasteiger partial charge in [0.25, 0.3) is 0 Å². The number of rotatable bonds is 3. The molecule has 1 heterocycles. The fourth-order valence-corrected chi connectivity index (χ4v) is 2.30. The monoisotopic (exact) mass is 283 g/mol. The van der Waals surface area contributed by atoms with Crippen molar-refractivity contribution in [1.82, 2.24) is 4.98 Å². The second kappa shape index (κ2) is 5.40. The van der Waals surface area contributed by atoms with Gasteiger partial charge in [0.2, 0.25) is 0 Å². The number of nitrogens with zero attached hydrogens (tertiary/aromatic N) is 1. The van der Waals surface area contributed by atoms with E-state index in [9.17, 15) is 13.6 Å². The van der Waals surface area contributed by atoms with Crippen molar-refractivity contribution in [3.8, 4) is 0 Å². The van der Waals surface area contributed by atoms with E-state index in [4.69, 9.17) is 0 Å². The van der Waals surface area contributed by atoms with Gasteiger partial charge in [-0.2, -0.15) is 0 Å². The standard InChI is InChI=1S/C17H11F2NO/c18-15-6-3-7-16(19)13(15)8-17(21)14-10-20-9-11-4-1-2-5-12(11)14/h1-7,9-10H,8H2. The maximum atomic E-state index is 13.6. The Balaban J connectivity index is 2.02. The third kappa shape index (κ3) is 2.52. The first-order valence-electron chi connectivity index (χ1n) is 6.45. The van der Waals surface area contributed by atoms with Gasteiger partial charge < -0.3 is 0 Å². The molecule has 3 rings (SSSR count). The van der Waals surface area contributed by atoms with Crippen LogP contribution in [0.5, 0.6) is 0 Å². The predicted molar refractivity (Wildman–Crippen MR) is 76.1 cm³/mol. The molecule has 2 nitrogen and oxygen atoms in total. The molecule has 0 amide bonds. The number of pyridine rings is 1. The van der Waals surface area contributed by atoms with Crippen LogP contribution < -0.4 is 0 Å². The Labute approximate surface area is 120 Å². The van der Waals surface area contributed by atoms with E-state index in [1.807, 2.05) is 18.2 Å².